The first kappa shape index (κ1) is 20.4. The predicted octanol–water partition coefficient (Wildman–Crippen LogP) is 4.03. The number of rotatable bonds is 3. The van der Waals surface area contributed by atoms with E-state index in [1.807, 2.05) is 56.3 Å². The fourth-order valence-corrected chi connectivity index (χ4v) is 3.73. The predicted molar refractivity (Wildman–Crippen MR) is 117 cm³/mol. The van der Waals surface area contributed by atoms with E-state index in [4.69, 9.17) is 17.0 Å². The molecule has 2 aromatic carbocycles. The molecule has 6 heteroatoms. The molecule has 0 aromatic heterocycles. The van der Waals surface area contributed by atoms with Crippen molar-refractivity contribution in [3.05, 3.63) is 58.6 Å². The first-order valence-corrected chi connectivity index (χ1v) is 10.1. The molecule has 0 aliphatic carbocycles. The largest absolute Gasteiger partial charge is 0.369 e. The number of piperazine rings is 1. The Labute approximate surface area is 172 Å². The molecule has 0 radical (unpaired) electrons. The second-order valence-corrected chi connectivity index (χ2v) is 7.26. The number of likely N-dealkylation sites (N-methyl/N-ethyl adjacent to an activating group) is 1. The fraction of sp³-hybridized carbons (Fsp3) is 0.364. The summed E-state index contributed by atoms with van der Waals surface area (Å²) in [6.45, 7) is 8.35. The lowest BCUT2D eigenvalue weighted by molar-refractivity contribution is -0.112. The molecule has 2 aliphatic heterocycles. The first-order valence-electron chi connectivity index (χ1n) is 9.76. The number of anilines is 2. The minimum Gasteiger partial charge on any atom is -0.369 e. The topological polar surface area (TPSA) is 50.6 Å². The van der Waals surface area contributed by atoms with Crippen molar-refractivity contribution in [2.75, 3.05) is 43.0 Å². The van der Waals surface area contributed by atoms with Crippen LogP contribution in [0, 0.1) is 5.41 Å². The average molecular weight is 399 g/mol. The Hall–Kier alpha value is -2.37. The molecule has 0 spiro atoms. The van der Waals surface area contributed by atoms with Gasteiger partial charge in [0.25, 0.3) is 5.91 Å². The van der Waals surface area contributed by atoms with Crippen molar-refractivity contribution in [2.45, 2.75) is 20.4 Å². The van der Waals surface area contributed by atoms with Gasteiger partial charge in [0.2, 0.25) is 0 Å². The number of nitrogens with zero attached hydrogens (tertiary/aromatic N) is 3. The second kappa shape index (κ2) is 8.76. The molecule has 0 unspecified atom stereocenters. The molecule has 1 amide bonds. The smallest absolute Gasteiger partial charge is 0.277 e. The van der Waals surface area contributed by atoms with Gasteiger partial charge in [0.15, 0.2) is 0 Å². The molecule has 148 valence electrons. The third-order valence-corrected chi connectivity index (χ3v) is 5.52. The van der Waals surface area contributed by atoms with Crippen molar-refractivity contribution < 1.29 is 4.79 Å². The Balaban J connectivity index is 0.00000109. The van der Waals surface area contributed by atoms with Crippen molar-refractivity contribution in [1.29, 1.82) is 5.41 Å². The minimum atomic E-state index is -0.268. The summed E-state index contributed by atoms with van der Waals surface area (Å²) in [5.41, 5.74) is 3.53. The zero-order valence-corrected chi connectivity index (χ0v) is 17.5. The molecule has 0 saturated carbocycles. The van der Waals surface area contributed by atoms with E-state index in [0.717, 1.165) is 43.1 Å². The molecular weight excluding hydrogens is 372 g/mol. The summed E-state index contributed by atoms with van der Waals surface area (Å²) < 4.78 is 0. The Morgan fingerprint density at radius 2 is 1.71 bits per heavy atom. The van der Waals surface area contributed by atoms with Gasteiger partial charge in [0, 0.05) is 42.5 Å². The molecule has 5 nitrogen and oxygen atoms in total. The van der Waals surface area contributed by atoms with Gasteiger partial charge in [-0.25, -0.2) is 0 Å². The van der Waals surface area contributed by atoms with E-state index in [1.165, 1.54) is 0 Å². The van der Waals surface area contributed by atoms with Crippen LogP contribution in [-0.2, 0) is 11.3 Å². The van der Waals surface area contributed by atoms with Gasteiger partial charge in [-0.15, -0.1) is 0 Å². The standard InChI is InChI=1S/C20H21ClN4O.C2H6/c1-23-8-10-24(11-9-23)15-6-7-16-18(12-15)25(20(26)19(16)22)13-14-4-2-3-5-17(14)21;1-2/h2-7,12,22H,8-11,13H2,1H3;1-2H3. The number of benzene rings is 2. The van der Waals surface area contributed by atoms with Crippen LogP contribution >= 0.6 is 11.6 Å². The van der Waals surface area contributed by atoms with E-state index in [2.05, 4.69) is 16.8 Å². The van der Waals surface area contributed by atoms with Crippen LogP contribution in [0.5, 0.6) is 0 Å². The third-order valence-electron chi connectivity index (χ3n) is 5.16. The number of carbonyl (C=O) groups is 1. The van der Waals surface area contributed by atoms with E-state index in [9.17, 15) is 4.79 Å². The van der Waals surface area contributed by atoms with E-state index < -0.39 is 0 Å². The molecule has 1 saturated heterocycles. The van der Waals surface area contributed by atoms with Gasteiger partial charge in [0.1, 0.15) is 5.71 Å². The molecule has 1 fully saturated rings. The maximum absolute atomic E-state index is 12.6. The molecule has 28 heavy (non-hydrogen) atoms. The molecular formula is C22H27ClN4O. The zero-order valence-electron chi connectivity index (χ0n) is 16.7. The number of halogens is 1. The highest BCUT2D eigenvalue weighted by atomic mass is 35.5. The van der Waals surface area contributed by atoms with Crippen molar-refractivity contribution in [2.24, 2.45) is 0 Å². The van der Waals surface area contributed by atoms with Crippen molar-refractivity contribution in [3.8, 4) is 0 Å². The fourth-order valence-electron chi connectivity index (χ4n) is 3.53. The molecule has 2 heterocycles. The van der Waals surface area contributed by atoms with Gasteiger partial charge in [-0.3, -0.25) is 10.2 Å². The Kier molecular flexibility index (Phi) is 6.37. The lowest BCUT2D eigenvalue weighted by Gasteiger charge is -2.34. The number of carbonyl (C=O) groups excluding carboxylic acids is 1. The number of hydrogen-bond donors (Lipinski definition) is 1. The molecule has 0 atom stereocenters. The van der Waals surface area contributed by atoms with Crippen molar-refractivity contribution >= 4 is 34.6 Å². The second-order valence-electron chi connectivity index (χ2n) is 6.85. The maximum atomic E-state index is 12.6. The van der Waals surface area contributed by atoms with Crippen LogP contribution in [0.3, 0.4) is 0 Å². The van der Waals surface area contributed by atoms with E-state index in [0.29, 0.717) is 17.1 Å². The Morgan fingerprint density at radius 3 is 2.39 bits per heavy atom. The van der Waals surface area contributed by atoms with Crippen molar-refractivity contribution in [1.82, 2.24) is 4.90 Å². The first-order chi connectivity index (χ1) is 13.5. The number of hydrogen-bond acceptors (Lipinski definition) is 4. The van der Waals surface area contributed by atoms with Crippen LogP contribution in [-0.4, -0.2) is 49.7 Å². The van der Waals surface area contributed by atoms with Crippen LogP contribution in [0.25, 0.3) is 0 Å². The highest BCUT2D eigenvalue weighted by Gasteiger charge is 2.33. The minimum absolute atomic E-state index is 0.0528. The molecule has 1 N–H and O–H groups in total. The highest BCUT2D eigenvalue weighted by Crippen LogP contribution is 2.35. The van der Waals surface area contributed by atoms with E-state index >= 15 is 0 Å². The van der Waals surface area contributed by atoms with Crippen molar-refractivity contribution in [3.63, 3.8) is 0 Å². The summed E-state index contributed by atoms with van der Waals surface area (Å²) in [5.74, 6) is -0.268. The summed E-state index contributed by atoms with van der Waals surface area (Å²) in [4.78, 5) is 19.0. The van der Waals surface area contributed by atoms with Crippen LogP contribution in [0.4, 0.5) is 11.4 Å². The van der Waals surface area contributed by atoms with Crippen LogP contribution in [0.1, 0.15) is 25.0 Å². The van der Waals surface area contributed by atoms with Gasteiger partial charge < -0.3 is 14.7 Å². The van der Waals surface area contributed by atoms with Crippen LogP contribution in [0.2, 0.25) is 5.02 Å². The van der Waals surface area contributed by atoms with E-state index in [1.54, 1.807) is 4.90 Å². The molecule has 0 bridgehead atoms. The monoisotopic (exact) mass is 398 g/mol. The number of nitrogens with one attached hydrogen (secondary N) is 1. The molecule has 2 aromatic rings. The van der Waals surface area contributed by atoms with Crippen LogP contribution < -0.4 is 9.80 Å². The SMILES string of the molecule is CC.CN1CCN(c2ccc3c(c2)N(Cc2ccccc2Cl)C(=O)C3=N)CC1. The molecule has 2 aliphatic rings. The summed E-state index contributed by atoms with van der Waals surface area (Å²) in [7, 11) is 2.13. The van der Waals surface area contributed by atoms with Crippen LogP contribution in [0.15, 0.2) is 42.5 Å². The Bertz CT molecular complexity index is 875. The van der Waals surface area contributed by atoms with Gasteiger partial charge in [0.05, 0.1) is 12.2 Å². The van der Waals surface area contributed by atoms with E-state index in [-0.39, 0.29) is 11.6 Å². The van der Waals surface area contributed by atoms with Gasteiger partial charge in [-0.05, 0) is 36.9 Å². The average Bonchev–Trinajstić information content (AvgIpc) is 2.96. The van der Waals surface area contributed by atoms with Gasteiger partial charge in [-0.2, -0.15) is 0 Å². The lowest BCUT2D eigenvalue weighted by Crippen LogP contribution is -2.44. The summed E-state index contributed by atoms with van der Waals surface area (Å²) in [5, 5.41) is 8.82. The normalized spacial score (nSPS) is 16.7. The summed E-state index contributed by atoms with van der Waals surface area (Å²) in [6, 6.07) is 13.5. The maximum Gasteiger partial charge on any atom is 0.277 e. The molecule has 4 rings (SSSR count). The number of fused-ring (bicyclic) bond motifs is 1. The summed E-state index contributed by atoms with van der Waals surface area (Å²) >= 11 is 6.28. The number of amides is 1. The highest BCUT2D eigenvalue weighted by molar-refractivity contribution is 6.53. The van der Waals surface area contributed by atoms with Gasteiger partial charge >= 0.3 is 0 Å². The van der Waals surface area contributed by atoms with Gasteiger partial charge in [-0.1, -0.05) is 43.6 Å². The zero-order chi connectivity index (χ0) is 20.3. The summed E-state index contributed by atoms with van der Waals surface area (Å²) in [6.07, 6.45) is 0. The third kappa shape index (κ3) is 3.91. The quantitative estimate of drug-likeness (QED) is 0.849. The Morgan fingerprint density at radius 1 is 1.04 bits per heavy atom. The lowest BCUT2D eigenvalue weighted by atomic mass is 10.1.